The molecule has 190 valence electrons. The number of carbonyl (C=O) groups excluding carboxylic acids is 1. The minimum atomic E-state index is -0.849. The number of imidazole rings is 1. The van der Waals surface area contributed by atoms with Crippen LogP contribution in [0.25, 0.3) is 11.2 Å². The summed E-state index contributed by atoms with van der Waals surface area (Å²) in [6.45, 7) is 4.35. The van der Waals surface area contributed by atoms with Gasteiger partial charge in [-0.05, 0) is 30.2 Å². The lowest BCUT2D eigenvalue weighted by Gasteiger charge is -2.13. The number of aryl methyl sites for hydroxylation is 1. The molecule has 0 saturated heterocycles. The van der Waals surface area contributed by atoms with E-state index in [0.717, 1.165) is 4.57 Å². The topological polar surface area (TPSA) is 127 Å². The van der Waals surface area contributed by atoms with Crippen LogP contribution in [0.15, 0.2) is 39.0 Å². The van der Waals surface area contributed by atoms with E-state index >= 15 is 0 Å². The monoisotopic (exact) mass is 506 g/mol. The van der Waals surface area contributed by atoms with Crippen LogP contribution < -0.4 is 16.0 Å². The van der Waals surface area contributed by atoms with E-state index in [1.807, 2.05) is 13.8 Å². The Bertz CT molecular complexity index is 1290. The molecule has 2 heterocycles. The number of fused-ring (bicyclic) bond motifs is 1. The molecule has 2 aromatic heterocycles. The van der Waals surface area contributed by atoms with Gasteiger partial charge in [-0.1, -0.05) is 25.6 Å². The highest BCUT2D eigenvalue weighted by Crippen LogP contribution is 2.23. The molecule has 11 nitrogen and oxygen atoms in total. The van der Waals surface area contributed by atoms with E-state index in [0.29, 0.717) is 23.1 Å². The molecule has 0 bridgehead atoms. The van der Waals surface area contributed by atoms with Crippen molar-refractivity contribution in [1.29, 1.82) is 0 Å². The second-order valence-electron chi connectivity index (χ2n) is 8.41. The summed E-state index contributed by atoms with van der Waals surface area (Å²) in [5, 5.41) is 10.9. The number of benzene rings is 1. The van der Waals surface area contributed by atoms with Gasteiger partial charge in [0.05, 0.1) is 18.3 Å². The molecule has 0 fully saturated rings. The molecule has 1 aromatic carbocycles. The fourth-order valence-corrected chi connectivity index (χ4v) is 4.10. The molecule has 0 spiro atoms. The third-order valence-corrected chi connectivity index (χ3v) is 6.18. The number of ether oxygens (including phenoxy) is 3. The molecule has 35 heavy (non-hydrogen) atoms. The molecule has 3 aromatic rings. The number of hydrogen-bond acceptors (Lipinski definition) is 9. The lowest BCUT2D eigenvalue weighted by atomic mass is 10.2. The fourth-order valence-electron chi connectivity index (χ4n) is 3.21. The number of esters is 1. The third kappa shape index (κ3) is 6.13. The molecular formula is C23H30N4O7S. The number of rotatable bonds is 11. The zero-order valence-corrected chi connectivity index (χ0v) is 21.2. The number of nitrogens with zero attached hydrogens (tertiary/aromatic N) is 4. The molecular weight excluding hydrogens is 476 g/mol. The molecule has 1 unspecified atom stereocenters. The van der Waals surface area contributed by atoms with Crippen LogP contribution in [-0.2, 0) is 30.3 Å². The first-order chi connectivity index (χ1) is 16.6. The van der Waals surface area contributed by atoms with Crippen molar-refractivity contribution in [1.82, 2.24) is 18.7 Å². The van der Waals surface area contributed by atoms with Gasteiger partial charge in [0.2, 0.25) is 0 Å². The number of aromatic nitrogens is 4. The number of aliphatic hydroxyl groups excluding tert-OH is 1. The zero-order chi connectivity index (χ0) is 25.7. The molecule has 3 rings (SSSR count). The Labute approximate surface area is 206 Å². The number of methoxy groups -OCH3 is 1. The maximum atomic E-state index is 12.7. The van der Waals surface area contributed by atoms with Crippen molar-refractivity contribution in [3.63, 3.8) is 0 Å². The van der Waals surface area contributed by atoms with E-state index in [9.17, 15) is 19.5 Å². The zero-order valence-electron chi connectivity index (χ0n) is 20.4. The second kappa shape index (κ2) is 11.6. The van der Waals surface area contributed by atoms with Crippen LogP contribution in [0.4, 0.5) is 0 Å². The van der Waals surface area contributed by atoms with Gasteiger partial charge in [0, 0.05) is 27.0 Å². The first kappa shape index (κ1) is 26.5. The Hall–Kier alpha value is -3.09. The first-order valence-corrected chi connectivity index (χ1v) is 12.0. The third-order valence-electron chi connectivity index (χ3n) is 5.06. The minimum absolute atomic E-state index is 0.00883. The standard InChI is InChI=1S/C23H30N4O7S/c1-14(2)10-34-21(30)15-6-8-17(9-7-15)33-11-16(28)12-35-22-24-19-18(27(22)13-32-5)20(29)26(4)23(31)25(19)3/h6-9,14,16,28H,10-13H2,1-5H3. The van der Waals surface area contributed by atoms with Crippen molar-refractivity contribution in [2.45, 2.75) is 31.8 Å². The highest BCUT2D eigenvalue weighted by Gasteiger charge is 2.20. The van der Waals surface area contributed by atoms with E-state index in [1.165, 1.54) is 30.5 Å². The summed E-state index contributed by atoms with van der Waals surface area (Å²) < 4.78 is 19.9. The summed E-state index contributed by atoms with van der Waals surface area (Å²) in [6.07, 6.45) is -0.849. The van der Waals surface area contributed by atoms with Gasteiger partial charge in [-0.2, -0.15) is 0 Å². The van der Waals surface area contributed by atoms with Gasteiger partial charge in [0.1, 0.15) is 19.1 Å². The molecule has 12 heteroatoms. The molecule has 0 radical (unpaired) electrons. The predicted molar refractivity (Wildman–Crippen MR) is 131 cm³/mol. The van der Waals surface area contributed by atoms with Gasteiger partial charge in [0.25, 0.3) is 5.56 Å². The lowest BCUT2D eigenvalue weighted by molar-refractivity contribution is 0.0459. The van der Waals surface area contributed by atoms with Crippen LogP contribution in [0, 0.1) is 5.92 Å². The summed E-state index contributed by atoms with van der Waals surface area (Å²) >= 11 is 1.22. The Morgan fingerprint density at radius 3 is 2.43 bits per heavy atom. The van der Waals surface area contributed by atoms with Gasteiger partial charge in [-0.3, -0.25) is 18.5 Å². The van der Waals surface area contributed by atoms with Crippen LogP contribution in [0.1, 0.15) is 24.2 Å². The summed E-state index contributed by atoms with van der Waals surface area (Å²) in [7, 11) is 4.44. The van der Waals surface area contributed by atoms with E-state index in [4.69, 9.17) is 14.2 Å². The smallest absolute Gasteiger partial charge is 0.338 e. The molecule has 0 amide bonds. The Kier molecular flexibility index (Phi) is 8.76. The number of aliphatic hydroxyl groups is 1. The van der Waals surface area contributed by atoms with Crippen molar-refractivity contribution in [3.05, 3.63) is 50.7 Å². The van der Waals surface area contributed by atoms with E-state index in [2.05, 4.69) is 4.98 Å². The van der Waals surface area contributed by atoms with Crippen LogP contribution in [0.5, 0.6) is 5.75 Å². The highest BCUT2D eigenvalue weighted by atomic mass is 32.2. The fraction of sp³-hybridized carbons (Fsp3) is 0.478. The number of carbonyl (C=O) groups is 1. The SMILES string of the molecule is COCn1c(SCC(O)COc2ccc(C(=O)OCC(C)C)cc2)nc2c1c(=O)n(C)c(=O)n2C. The second-order valence-corrected chi connectivity index (χ2v) is 9.40. The van der Waals surface area contributed by atoms with Crippen molar-refractivity contribution in [2.24, 2.45) is 20.0 Å². The average molecular weight is 507 g/mol. The van der Waals surface area contributed by atoms with Crippen molar-refractivity contribution >= 4 is 28.9 Å². The van der Waals surface area contributed by atoms with Crippen LogP contribution in [0.2, 0.25) is 0 Å². The molecule has 0 aliphatic carbocycles. The quantitative estimate of drug-likeness (QED) is 0.303. The summed E-state index contributed by atoms with van der Waals surface area (Å²) in [6, 6.07) is 6.49. The number of thioether (sulfide) groups is 1. The maximum Gasteiger partial charge on any atom is 0.338 e. The molecule has 0 saturated carbocycles. The highest BCUT2D eigenvalue weighted by molar-refractivity contribution is 7.99. The number of hydrogen-bond donors (Lipinski definition) is 1. The van der Waals surface area contributed by atoms with Gasteiger partial charge < -0.3 is 19.3 Å². The van der Waals surface area contributed by atoms with Gasteiger partial charge in [-0.25, -0.2) is 14.6 Å². The normalized spacial score (nSPS) is 12.3. The Balaban J connectivity index is 1.64. The predicted octanol–water partition coefficient (Wildman–Crippen LogP) is 1.38. The van der Waals surface area contributed by atoms with E-state index < -0.39 is 23.3 Å². The molecule has 1 atom stereocenters. The Morgan fingerprint density at radius 1 is 1.11 bits per heavy atom. The van der Waals surface area contributed by atoms with Gasteiger partial charge in [-0.15, -0.1) is 0 Å². The van der Waals surface area contributed by atoms with Gasteiger partial charge in [0.15, 0.2) is 16.3 Å². The minimum Gasteiger partial charge on any atom is -0.491 e. The largest absolute Gasteiger partial charge is 0.491 e. The van der Waals surface area contributed by atoms with E-state index in [1.54, 1.807) is 35.9 Å². The average Bonchev–Trinajstić information content (AvgIpc) is 3.21. The van der Waals surface area contributed by atoms with Crippen LogP contribution in [-0.4, -0.2) is 61.9 Å². The van der Waals surface area contributed by atoms with Crippen molar-refractivity contribution in [3.8, 4) is 5.75 Å². The molecule has 0 aliphatic heterocycles. The lowest BCUT2D eigenvalue weighted by Crippen LogP contribution is -2.37. The molecule has 0 aliphatic rings. The van der Waals surface area contributed by atoms with Gasteiger partial charge >= 0.3 is 11.7 Å². The summed E-state index contributed by atoms with van der Waals surface area (Å²) in [5.74, 6) is 0.581. The summed E-state index contributed by atoms with van der Waals surface area (Å²) in [5.41, 5.74) is -0.0348. The molecule has 1 N–H and O–H groups in total. The van der Waals surface area contributed by atoms with Crippen LogP contribution >= 0.6 is 11.8 Å². The van der Waals surface area contributed by atoms with Crippen LogP contribution in [0.3, 0.4) is 0 Å². The van der Waals surface area contributed by atoms with Crippen molar-refractivity contribution < 1.29 is 24.1 Å². The van der Waals surface area contributed by atoms with E-state index in [-0.39, 0.29) is 36.2 Å². The first-order valence-electron chi connectivity index (χ1n) is 11.0. The Morgan fingerprint density at radius 2 is 1.80 bits per heavy atom. The van der Waals surface area contributed by atoms with Crippen molar-refractivity contribution in [2.75, 3.05) is 26.1 Å². The summed E-state index contributed by atoms with van der Waals surface area (Å²) in [4.78, 5) is 41.3. The maximum absolute atomic E-state index is 12.7.